The highest BCUT2D eigenvalue weighted by molar-refractivity contribution is 6.32. The van der Waals surface area contributed by atoms with Crippen LogP contribution in [0, 0.1) is 0 Å². The molecular weight excluding hydrogens is 656 g/mol. The predicted molar refractivity (Wildman–Crippen MR) is 175 cm³/mol. The number of ketones is 2. The number of hydrogen-bond donors (Lipinski definition) is 2. The van der Waals surface area contributed by atoms with Crippen LogP contribution >= 0.6 is 0 Å². The van der Waals surface area contributed by atoms with E-state index in [2.05, 4.69) is 0 Å². The van der Waals surface area contributed by atoms with E-state index < -0.39 is 77.2 Å². The maximum atomic E-state index is 14.5. The van der Waals surface area contributed by atoms with E-state index in [-0.39, 0.29) is 62.1 Å². The summed E-state index contributed by atoms with van der Waals surface area (Å²) in [5.41, 5.74) is -1.51. The van der Waals surface area contributed by atoms with Gasteiger partial charge in [-0.05, 0) is 38.1 Å². The molecule has 0 amide bonds. The normalized spacial score (nSPS) is 26.0. The van der Waals surface area contributed by atoms with Gasteiger partial charge >= 0.3 is 0 Å². The fraction of sp³-hybridized carbons (Fsp3) is 0.417. The summed E-state index contributed by atoms with van der Waals surface area (Å²) in [6.45, 7) is 3.54. The number of fused-ring (bicyclic) bond motifs is 6. The molecule has 50 heavy (non-hydrogen) atoms. The number of aliphatic hydroxyl groups is 1. The highest BCUT2D eigenvalue weighted by Crippen LogP contribution is 2.50. The summed E-state index contributed by atoms with van der Waals surface area (Å²) in [5, 5.41) is 23.0. The van der Waals surface area contributed by atoms with Gasteiger partial charge in [-0.25, -0.2) is 0 Å². The first kappa shape index (κ1) is 33.9. The Kier molecular flexibility index (Phi) is 8.57. The fourth-order valence-corrected chi connectivity index (χ4v) is 7.47. The van der Waals surface area contributed by atoms with Gasteiger partial charge in [0.2, 0.25) is 23.3 Å². The Hall–Kier alpha value is -4.57. The number of phenols is 1. The van der Waals surface area contributed by atoms with E-state index in [0.717, 1.165) is 0 Å². The molecule has 1 fully saturated rings. The van der Waals surface area contributed by atoms with Crippen molar-refractivity contribution in [3.8, 4) is 23.0 Å². The summed E-state index contributed by atoms with van der Waals surface area (Å²) in [6, 6.07) is 5.92. The molecule has 14 nitrogen and oxygen atoms in total. The van der Waals surface area contributed by atoms with Crippen LogP contribution in [0.2, 0.25) is 0 Å². The third-order valence-corrected chi connectivity index (χ3v) is 9.73. The zero-order chi connectivity index (χ0) is 35.8. The lowest BCUT2D eigenvalue weighted by molar-refractivity contribution is -0.282. The van der Waals surface area contributed by atoms with Gasteiger partial charge in [-0.1, -0.05) is 0 Å². The van der Waals surface area contributed by atoms with Gasteiger partial charge in [0.1, 0.15) is 46.5 Å². The van der Waals surface area contributed by atoms with Crippen LogP contribution < -0.4 is 19.6 Å². The Balaban J connectivity index is 1.49. The van der Waals surface area contributed by atoms with Crippen molar-refractivity contribution in [2.24, 2.45) is 0 Å². The molecule has 3 aromatic carbocycles. The fourth-order valence-electron chi connectivity index (χ4n) is 7.47. The molecule has 0 bridgehead atoms. The van der Waals surface area contributed by atoms with Crippen LogP contribution in [0.3, 0.4) is 0 Å². The van der Waals surface area contributed by atoms with Gasteiger partial charge in [0.15, 0.2) is 23.4 Å². The Morgan fingerprint density at radius 2 is 1.46 bits per heavy atom. The monoisotopic (exact) mass is 692 g/mol. The van der Waals surface area contributed by atoms with Crippen molar-refractivity contribution in [1.82, 2.24) is 0 Å². The zero-order valence-electron chi connectivity index (χ0n) is 28.4. The number of benzene rings is 3. The lowest BCUT2D eigenvalue weighted by Crippen LogP contribution is -2.60. The molecular formula is C36H36O14. The number of aliphatic hydroxyl groups excluding tert-OH is 1. The standard InChI is InChI=1S/C36H36O14/c1-13-12-17-22(35(41)47-13)26(38)21-16(30(17)50-36-34(46-7)33(45-6)29(44-5)14(2)48-36)9-8-15-20(21)27(39)24-28(40)23-18(42-3)10-11-19(43-4)31(23)49-32(24)25(15)37/h8-11,13-14,29,33-36,38,41H,12H2,1-7H3. The summed E-state index contributed by atoms with van der Waals surface area (Å²) < 4.78 is 52.4. The van der Waals surface area contributed by atoms with Crippen molar-refractivity contribution in [3.05, 3.63) is 68.1 Å². The number of hydrogen-bond acceptors (Lipinski definition) is 14. The molecule has 2 aliphatic heterocycles. The van der Waals surface area contributed by atoms with Crippen LogP contribution in [0.4, 0.5) is 0 Å². The van der Waals surface area contributed by atoms with E-state index in [9.17, 15) is 24.6 Å². The number of phenolic OH excluding ortho intramolecular Hbond substituents is 1. The number of ether oxygens (including phenoxy) is 8. The van der Waals surface area contributed by atoms with Crippen molar-refractivity contribution < 1.29 is 62.1 Å². The van der Waals surface area contributed by atoms with Gasteiger partial charge in [0.05, 0.1) is 32.0 Å². The molecule has 1 saturated heterocycles. The summed E-state index contributed by atoms with van der Waals surface area (Å²) in [4.78, 5) is 42.7. The van der Waals surface area contributed by atoms with Gasteiger partial charge in [0.25, 0.3) is 0 Å². The Labute approximate surface area is 285 Å². The van der Waals surface area contributed by atoms with Crippen LogP contribution in [0.15, 0.2) is 33.5 Å². The molecule has 14 heteroatoms. The zero-order valence-corrected chi connectivity index (χ0v) is 28.4. The maximum Gasteiger partial charge on any atom is 0.229 e. The van der Waals surface area contributed by atoms with Crippen LogP contribution in [0.25, 0.3) is 21.7 Å². The summed E-state index contributed by atoms with van der Waals surface area (Å²) in [5.74, 6) is -2.25. The minimum absolute atomic E-state index is 0.0575. The molecule has 3 aliphatic rings. The molecule has 2 N–H and O–H groups in total. The van der Waals surface area contributed by atoms with E-state index in [1.807, 2.05) is 0 Å². The molecule has 7 rings (SSSR count). The van der Waals surface area contributed by atoms with Crippen LogP contribution in [-0.4, -0.2) is 94.1 Å². The van der Waals surface area contributed by atoms with Crippen LogP contribution in [0.5, 0.6) is 23.0 Å². The second-order valence-corrected chi connectivity index (χ2v) is 12.4. The highest BCUT2D eigenvalue weighted by atomic mass is 16.7. The highest BCUT2D eigenvalue weighted by Gasteiger charge is 2.48. The van der Waals surface area contributed by atoms with Gasteiger partial charge < -0.3 is 52.5 Å². The SMILES string of the molecule is COc1ccc(OC)c2c(=O)c3c(oc12)C(=O)c1ccc2c(OC4OC(C)C(OC)C(OC)C4OC)c4c(c(O)c2c1C3=O)C(O)OC(C)C4. The van der Waals surface area contributed by atoms with Crippen molar-refractivity contribution in [3.63, 3.8) is 0 Å². The van der Waals surface area contributed by atoms with Crippen LogP contribution in [-0.2, 0) is 30.1 Å². The quantitative estimate of drug-likeness (QED) is 0.253. The second kappa shape index (κ2) is 12.6. The Morgan fingerprint density at radius 3 is 2.12 bits per heavy atom. The Bertz CT molecular complexity index is 2120. The topological polar surface area (TPSA) is 179 Å². The van der Waals surface area contributed by atoms with Gasteiger partial charge in [-0.15, -0.1) is 0 Å². The first-order valence-corrected chi connectivity index (χ1v) is 15.9. The average Bonchev–Trinajstić information content (AvgIpc) is 3.10. The van der Waals surface area contributed by atoms with E-state index in [0.29, 0.717) is 5.56 Å². The number of rotatable bonds is 7. The minimum Gasteiger partial charge on any atom is -0.507 e. The smallest absolute Gasteiger partial charge is 0.229 e. The summed E-state index contributed by atoms with van der Waals surface area (Å²) >= 11 is 0. The predicted octanol–water partition coefficient (Wildman–Crippen LogP) is 3.57. The van der Waals surface area contributed by atoms with E-state index in [1.165, 1.54) is 59.8 Å². The number of methoxy groups -OCH3 is 5. The summed E-state index contributed by atoms with van der Waals surface area (Å²) in [6.07, 6.45) is -5.44. The van der Waals surface area contributed by atoms with E-state index in [1.54, 1.807) is 13.8 Å². The average molecular weight is 693 g/mol. The van der Waals surface area contributed by atoms with Gasteiger partial charge in [0, 0.05) is 55.2 Å². The molecule has 7 atom stereocenters. The van der Waals surface area contributed by atoms with Crippen molar-refractivity contribution >= 4 is 33.3 Å². The molecule has 3 heterocycles. The number of carbonyl (C=O) groups is 2. The lowest BCUT2D eigenvalue weighted by Gasteiger charge is -2.44. The molecule has 1 aliphatic carbocycles. The molecule has 1 aromatic heterocycles. The molecule has 264 valence electrons. The third-order valence-electron chi connectivity index (χ3n) is 9.73. The van der Waals surface area contributed by atoms with E-state index in [4.69, 9.17) is 42.3 Å². The van der Waals surface area contributed by atoms with Crippen molar-refractivity contribution in [2.75, 3.05) is 35.5 Å². The van der Waals surface area contributed by atoms with Crippen molar-refractivity contribution in [1.29, 1.82) is 0 Å². The number of aromatic hydroxyl groups is 1. The largest absolute Gasteiger partial charge is 0.507 e. The van der Waals surface area contributed by atoms with E-state index >= 15 is 0 Å². The van der Waals surface area contributed by atoms with Crippen LogP contribution in [0.1, 0.15) is 63.3 Å². The first-order chi connectivity index (χ1) is 24.0. The molecule has 0 radical (unpaired) electrons. The molecule has 0 saturated carbocycles. The number of carbonyl (C=O) groups excluding carboxylic acids is 2. The van der Waals surface area contributed by atoms with Gasteiger partial charge in [-0.2, -0.15) is 0 Å². The summed E-state index contributed by atoms with van der Waals surface area (Å²) in [7, 11) is 7.25. The van der Waals surface area contributed by atoms with Crippen molar-refractivity contribution in [2.45, 2.75) is 63.4 Å². The minimum atomic E-state index is -1.63. The third kappa shape index (κ3) is 4.81. The molecule has 7 unspecified atom stereocenters. The lowest BCUT2D eigenvalue weighted by atomic mass is 9.81. The molecule has 4 aromatic rings. The molecule has 0 spiro atoms. The first-order valence-electron chi connectivity index (χ1n) is 15.9. The maximum absolute atomic E-state index is 14.5. The second-order valence-electron chi connectivity index (χ2n) is 12.4. The Morgan fingerprint density at radius 1 is 0.780 bits per heavy atom. The van der Waals surface area contributed by atoms with Gasteiger partial charge in [-0.3, -0.25) is 14.4 Å².